The minimum atomic E-state index is -0.851. The molecule has 0 bridgehead atoms. The van der Waals surface area contributed by atoms with Gasteiger partial charge in [-0.15, -0.1) is 5.10 Å². The second-order valence-corrected chi connectivity index (χ2v) is 10.9. The average molecular weight is 525 g/mol. The summed E-state index contributed by atoms with van der Waals surface area (Å²) in [4.78, 5) is 27.7. The largest absolute Gasteiger partial charge is 0.481 e. The lowest BCUT2D eigenvalue weighted by Crippen LogP contribution is -2.36. The molecule has 0 radical (unpaired) electrons. The van der Waals surface area contributed by atoms with Gasteiger partial charge in [0.05, 0.1) is 11.4 Å². The third-order valence-corrected chi connectivity index (χ3v) is 8.57. The van der Waals surface area contributed by atoms with Crippen LogP contribution in [0.2, 0.25) is 0 Å². The predicted octanol–water partition coefficient (Wildman–Crippen LogP) is 5.74. The minimum Gasteiger partial charge on any atom is -0.481 e. The van der Waals surface area contributed by atoms with Gasteiger partial charge in [-0.2, -0.15) is 0 Å². The second-order valence-electron chi connectivity index (χ2n) is 10.9. The van der Waals surface area contributed by atoms with E-state index in [1.54, 1.807) is 6.92 Å². The molecule has 4 aromatic rings. The zero-order valence-electron chi connectivity index (χ0n) is 23.6. The van der Waals surface area contributed by atoms with Crippen molar-refractivity contribution in [2.75, 3.05) is 6.54 Å². The Morgan fingerprint density at radius 2 is 1.69 bits per heavy atom. The van der Waals surface area contributed by atoms with Gasteiger partial charge < -0.3 is 10.0 Å². The molecule has 1 amide bonds. The molecule has 202 valence electrons. The lowest BCUT2D eigenvalue weighted by atomic mass is 9.78. The first-order chi connectivity index (χ1) is 18.6. The molecule has 1 aromatic heterocycles. The van der Waals surface area contributed by atoms with Gasteiger partial charge in [0, 0.05) is 31.1 Å². The van der Waals surface area contributed by atoms with Crippen LogP contribution in [0.3, 0.4) is 0 Å². The molecule has 0 saturated heterocycles. The highest BCUT2D eigenvalue weighted by atomic mass is 16.4. The summed E-state index contributed by atoms with van der Waals surface area (Å²) in [5, 5.41) is 18.7. The van der Waals surface area contributed by atoms with Crippen molar-refractivity contribution in [2.45, 2.75) is 67.0 Å². The summed E-state index contributed by atoms with van der Waals surface area (Å²) in [6.07, 6.45) is 0.773. The summed E-state index contributed by atoms with van der Waals surface area (Å²) in [5.74, 6) is -1.83. The van der Waals surface area contributed by atoms with Gasteiger partial charge in [-0.05, 0) is 104 Å². The molecule has 7 heteroatoms. The van der Waals surface area contributed by atoms with E-state index in [4.69, 9.17) is 0 Å². The first kappa shape index (κ1) is 26.6. The van der Waals surface area contributed by atoms with Crippen LogP contribution in [-0.4, -0.2) is 43.4 Å². The smallest absolute Gasteiger partial charge is 0.307 e. The van der Waals surface area contributed by atoms with E-state index in [1.165, 1.54) is 11.1 Å². The van der Waals surface area contributed by atoms with E-state index in [2.05, 4.69) is 35.4 Å². The van der Waals surface area contributed by atoms with Gasteiger partial charge in [-0.3, -0.25) is 9.59 Å². The molecule has 2 atom stereocenters. The van der Waals surface area contributed by atoms with E-state index in [9.17, 15) is 14.7 Å². The van der Waals surface area contributed by atoms with E-state index >= 15 is 0 Å². The second kappa shape index (κ2) is 10.3. The van der Waals surface area contributed by atoms with Crippen molar-refractivity contribution in [1.29, 1.82) is 0 Å². The number of aryl methyl sites for hydroxylation is 4. The fourth-order valence-electron chi connectivity index (χ4n) is 5.92. The van der Waals surface area contributed by atoms with Crippen molar-refractivity contribution < 1.29 is 14.7 Å². The van der Waals surface area contributed by atoms with E-state index in [1.807, 2.05) is 61.5 Å². The van der Waals surface area contributed by atoms with Gasteiger partial charge in [-0.25, -0.2) is 4.68 Å². The van der Waals surface area contributed by atoms with Crippen LogP contribution in [-0.2, 0) is 24.3 Å². The number of carbonyl (C=O) groups excluding carboxylic acids is 1. The molecule has 39 heavy (non-hydrogen) atoms. The van der Waals surface area contributed by atoms with E-state index in [0.717, 1.165) is 56.4 Å². The van der Waals surface area contributed by atoms with Gasteiger partial charge in [0.1, 0.15) is 5.52 Å². The Hall–Kier alpha value is -4.00. The number of aliphatic carboxylic acids is 1. The normalized spacial score (nSPS) is 14.8. The number of aromatic nitrogens is 3. The zero-order chi connectivity index (χ0) is 28.0. The third-order valence-electron chi connectivity index (χ3n) is 8.57. The quantitative estimate of drug-likeness (QED) is 0.348. The summed E-state index contributed by atoms with van der Waals surface area (Å²) in [5.41, 5.74) is 11.0. The number of hydrogen-bond acceptors (Lipinski definition) is 4. The highest BCUT2D eigenvalue weighted by Crippen LogP contribution is 2.38. The van der Waals surface area contributed by atoms with Crippen LogP contribution in [0, 0.1) is 33.6 Å². The van der Waals surface area contributed by atoms with Crippen LogP contribution >= 0.6 is 0 Å². The Morgan fingerprint density at radius 3 is 2.36 bits per heavy atom. The van der Waals surface area contributed by atoms with Gasteiger partial charge in [0.2, 0.25) is 0 Å². The Labute approximate surface area is 229 Å². The maximum atomic E-state index is 13.5. The number of rotatable bonds is 6. The zero-order valence-corrected chi connectivity index (χ0v) is 23.6. The van der Waals surface area contributed by atoms with Crippen molar-refractivity contribution >= 4 is 22.9 Å². The molecule has 0 spiro atoms. The van der Waals surface area contributed by atoms with E-state index in [0.29, 0.717) is 19.6 Å². The van der Waals surface area contributed by atoms with Gasteiger partial charge in [0.15, 0.2) is 0 Å². The first-order valence-electron chi connectivity index (χ1n) is 13.6. The number of carboxylic acid groups (broad SMARTS) is 1. The van der Waals surface area contributed by atoms with Gasteiger partial charge in [-0.1, -0.05) is 36.4 Å². The number of nitrogens with zero attached hydrogens (tertiary/aromatic N) is 4. The van der Waals surface area contributed by atoms with Crippen molar-refractivity contribution in [2.24, 2.45) is 5.92 Å². The predicted molar refractivity (Wildman–Crippen MR) is 152 cm³/mol. The summed E-state index contributed by atoms with van der Waals surface area (Å²) in [7, 11) is 0. The van der Waals surface area contributed by atoms with E-state index in [-0.39, 0.29) is 11.8 Å². The number of fused-ring (bicyclic) bond motifs is 2. The van der Waals surface area contributed by atoms with Crippen LogP contribution in [0.4, 0.5) is 0 Å². The molecule has 1 N–H and O–H groups in total. The number of carbonyl (C=O) groups is 2. The molecule has 0 fully saturated rings. The summed E-state index contributed by atoms with van der Waals surface area (Å²) >= 11 is 0. The number of hydrogen-bond donors (Lipinski definition) is 1. The van der Waals surface area contributed by atoms with Crippen molar-refractivity contribution in [3.8, 4) is 0 Å². The standard InChI is InChI=1S/C32H36N4O3/c1-7-36-28-11-10-27(21(5)30(28)33-34-36)29(22(6)32(38)39)24-9-8-23-12-13-35(17-26(23)16-24)31(37)25-14-18(2)20(4)19(3)15-25/h8-11,14-16,22,29H,7,12-13,17H2,1-6H3,(H,38,39)/t22?,29-/m0/s1. The number of benzene rings is 3. The molecule has 0 aliphatic carbocycles. The Kier molecular flexibility index (Phi) is 7.02. The molecule has 3 aromatic carbocycles. The molecule has 5 rings (SSSR count). The molecule has 1 unspecified atom stereocenters. The molecule has 1 aliphatic heterocycles. The Balaban J connectivity index is 1.52. The van der Waals surface area contributed by atoms with E-state index < -0.39 is 11.9 Å². The molecule has 7 nitrogen and oxygen atoms in total. The van der Waals surface area contributed by atoms with Gasteiger partial charge in [0.25, 0.3) is 5.91 Å². The number of carboxylic acids is 1. The molecule has 0 saturated carbocycles. The van der Waals surface area contributed by atoms with Crippen LogP contribution < -0.4 is 0 Å². The van der Waals surface area contributed by atoms with Crippen molar-refractivity contribution in [1.82, 2.24) is 19.9 Å². The maximum Gasteiger partial charge on any atom is 0.307 e. The minimum absolute atomic E-state index is 0.0352. The molecular weight excluding hydrogens is 488 g/mol. The summed E-state index contributed by atoms with van der Waals surface area (Å²) in [6.45, 7) is 13.8. The average Bonchev–Trinajstić information content (AvgIpc) is 3.36. The van der Waals surface area contributed by atoms with Crippen molar-refractivity contribution in [3.63, 3.8) is 0 Å². The summed E-state index contributed by atoms with van der Waals surface area (Å²) in [6, 6.07) is 14.2. The van der Waals surface area contributed by atoms with Crippen LogP contribution in [0.15, 0.2) is 42.5 Å². The topological polar surface area (TPSA) is 88.3 Å². The lowest BCUT2D eigenvalue weighted by Gasteiger charge is -2.31. The fourth-order valence-corrected chi connectivity index (χ4v) is 5.92. The van der Waals surface area contributed by atoms with Crippen LogP contribution in [0.25, 0.3) is 11.0 Å². The number of amides is 1. The highest BCUT2D eigenvalue weighted by Gasteiger charge is 2.31. The molecule has 1 aliphatic rings. The maximum absolute atomic E-state index is 13.5. The Bertz CT molecular complexity index is 1580. The Morgan fingerprint density at radius 1 is 0.974 bits per heavy atom. The van der Waals surface area contributed by atoms with Crippen LogP contribution in [0.5, 0.6) is 0 Å². The first-order valence-corrected chi connectivity index (χ1v) is 13.6. The van der Waals surface area contributed by atoms with Crippen molar-refractivity contribution in [3.05, 3.63) is 92.5 Å². The SMILES string of the molecule is CCn1nnc2c(C)c([C@H](c3ccc4c(c3)CN(C(=O)c3cc(C)c(C)c(C)c3)CC4)C(C)C(=O)O)ccc21. The van der Waals surface area contributed by atoms with Gasteiger partial charge >= 0.3 is 5.97 Å². The monoisotopic (exact) mass is 524 g/mol. The molecular formula is C32H36N4O3. The molecule has 2 heterocycles. The van der Waals surface area contributed by atoms with Crippen LogP contribution in [0.1, 0.15) is 74.6 Å². The summed E-state index contributed by atoms with van der Waals surface area (Å²) < 4.78 is 1.85. The fraction of sp³-hybridized carbons (Fsp3) is 0.375. The highest BCUT2D eigenvalue weighted by molar-refractivity contribution is 5.95. The third kappa shape index (κ3) is 4.71. The lowest BCUT2D eigenvalue weighted by molar-refractivity contribution is -0.141.